The number of pyridine rings is 2. The highest BCUT2D eigenvalue weighted by Gasteiger charge is 2.31. The fourth-order valence-electron chi connectivity index (χ4n) is 3.78. The highest BCUT2D eigenvalue weighted by atomic mass is 19.4. The van der Waals surface area contributed by atoms with E-state index >= 15 is 0 Å². The van der Waals surface area contributed by atoms with E-state index in [1.807, 2.05) is 40.7 Å². The van der Waals surface area contributed by atoms with Crippen LogP contribution < -0.4 is 5.73 Å². The SMILES string of the molecule is CC(C)c1ccncc1-c1nc(-c2ccc(C(F)(F)F)cc2)cc(C(N)=O)c1C(C)(C)C. The predicted octanol–water partition coefficient (Wildman–Crippen LogP) is 6.35. The molecule has 0 radical (unpaired) electrons. The molecule has 1 amide bonds. The van der Waals surface area contributed by atoms with Gasteiger partial charge in [0.05, 0.1) is 17.0 Å². The summed E-state index contributed by atoms with van der Waals surface area (Å²) in [6.45, 7) is 9.98. The predicted molar refractivity (Wildman–Crippen MR) is 119 cm³/mol. The molecular weight excluding hydrogens is 415 g/mol. The van der Waals surface area contributed by atoms with Crippen LogP contribution in [0.5, 0.6) is 0 Å². The zero-order valence-corrected chi connectivity index (χ0v) is 18.7. The summed E-state index contributed by atoms with van der Waals surface area (Å²) in [5.74, 6) is -0.462. The maximum absolute atomic E-state index is 13.0. The number of carbonyl (C=O) groups excluding carboxylic acids is 1. The van der Waals surface area contributed by atoms with Crippen LogP contribution in [-0.2, 0) is 11.6 Å². The average Bonchev–Trinajstić information content (AvgIpc) is 2.71. The van der Waals surface area contributed by atoms with Crippen molar-refractivity contribution in [2.45, 2.75) is 52.1 Å². The maximum Gasteiger partial charge on any atom is 0.416 e. The number of alkyl halides is 3. The van der Waals surface area contributed by atoms with Crippen molar-refractivity contribution in [1.82, 2.24) is 9.97 Å². The van der Waals surface area contributed by atoms with Crippen molar-refractivity contribution in [2.24, 2.45) is 5.73 Å². The van der Waals surface area contributed by atoms with Gasteiger partial charge in [0, 0.05) is 29.1 Å². The van der Waals surface area contributed by atoms with Crippen molar-refractivity contribution in [3.05, 3.63) is 71.0 Å². The molecule has 0 atom stereocenters. The molecule has 0 spiro atoms. The normalized spacial score (nSPS) is 12.3. The standard InChI is InChI=1S/C25H26F3N3O/c1-14(2)17-10-11-30-13-19(17)22-21(24(3,4)5)18(23(29)32)12-20(31-22)15-6-8-16(9-7-15)25(26,27)28/h6-14H,1-5H3,(H2,29,32). The van der Waals surface area contributed by atoms with Crippen molar-refractivity contribution in [3.63, 3.8) is 0 Å². The van der Waals surface area contributed by atoms with Crippen LogP contribution in [0.15, 0.2) is 48.8 Å². The van der Waals surface area contributed by atoms with Crippen LogP contribution in [0, 0.1) is 0 Å². The van der Waals surface area contributed by atoms with E-state index < -0.39 is 23.1 Å². The fourth-order valence-corrected chi connectivity index (χ4v) is 3.78. The Hall–Kier alpha value is -3.22. The van der Waals surface area contributed by atoms with E-state index in [-0.39, 0.29) is 11.5 Å². The molecule has 0 aliphatic rings. The fraction of sp³-hybridized carbons (Fsp3) is 0.320. The molecule has 32 heavy (non-hydrogen) atoms. The van der Waals surface area contributed by atoms with Crippen LogP contribution >= 0.6 is 0 Å². The Bertz CT molecular complexity index is 1140. The maximum atomic E-state index is 13.0. The molecule has 0 unspecified atom stereocenters. The Morgan fingerprint density at radius 2 is 1.66 bits per heavy atom. The van der Waals surface area contributed by atoms with Gasteiger partial charge in [0.15, 0.2) is 0 Å². The molecule has 0 fully saturated rings. The van der Waals surface area contributed by atoms with Gasteiger partial charge in [0.25, 0.3) is 0 Å². The first-order valence-electron chi connectivity index (χ1n) is 10.3. The lowest BCUT2D eigenvalue weighted by atomic mass is 9.79. The molecule has 0 bridgehead atoms. The first-order chi connectivity index (χ1) is 14.8. The van der Waals surface area contributed by atoms with E-state index in [4.69, 9.17) is 10.7 Å². The third-order valence-electron chi connectivity index (χ3n) is 5.27. The summed E-state index contributed by atoms with van der Waals surface area (Å²) in [5, 5.41) is 0. The average molecular weight is 441 g/mol. The second-order valence-electron chi connectivity index (χ2n) is 9.09. The largest absolute Gasteiger partial charge is 0.416 e. The van der Waals surface area contributed by atoms with Gasteiger partial charge in [-0.25, -0.2) is 4.98 Å². The summed E-state index contributed by atoms with van der Waals surface area (Å²) in [7, 11) is 0. The van der Waals surface area contributed by atoms with E-state index in [1.165, 1.54) is 12.1 Å². The minimum atomic E-state index is -4.44. The molecule has 0 saturated carbocycles. The number of primary amides is 1. The smallest absolute Gasteiger partial charge is 0.366 e. The van der Waals surface area contributed by atoms with E-state index in [0.717, 1.165) is 23.3 Å². The van der Waals surface area contributed by atoms with Gasteiger partial charge in [0.2, 0.25) is 5.91 Å². The van der Waals surface area contributed by atoms with Gasteiger partial charge in [-0.2, -0.15) is 13.2 Å². The topological polar surface area (TPSA) is 68.9 Å². The van der Waals surface area contributed by atoms with Gasteiger partial charge in [-0.3, -0.25) is 9.78 Å². The zero-order chi connectivity index (χ0) is 23.8. The van der Waals surface area contributed by atoms with Crippen molar-refractivity contribution < 1.29 is 18.0 Å². The van der Waals surface area contributed by atoms with Crippen LogP contribution in [0.3, 0.4) is 0 Å². The molecule has 4 nitrogen and oxygen atoms in total. The second kappa shape index (κ2) is 8.37. The van der Waals surface area contributed by atoms with Gasteiger partial charge in [0.1, 0.15) is 0 Å². The number of nitrogens with two attached hydrogens (primary N) is 1. The molecule has 3 aromatic rings. The van der Waals surface area contributed by atoms with E-state index in [2.05, 4.69) is 4.98 Å². The number of hydrogen-bond acceptors (Lipinski definition) is 3. The van der Waals surface area contributed by atoms with E-state index in [9.17, 15) is 18.0 Å². The lowest BCUT2D eigenvalue weighted by Crippen LogP contribution is -2.23. The Balaban J connectivity index is 2.35. The Labute approximate surface area is 185 Å². The number of carbonyl (C=O) groups is 1. The summed E-state index contributed by atoms with van der Waals surface area (Å²) in [5.41, 5.74) is 8.63. The minimum Gasteiger partial charge on any atom is -0.366 e. The van der Waals surface area contributed by atoms with Crippen LogP contribution in [0.4, 0.5) is 13.2 Å². The molecule has 168 valence electrons. The van der Waals surface area contributed by atoms with Gasteiger partial charge in [-0.15, -0.1) is 0 Å². The van der Waals surface area contributed by atoms with Gasteiger partial charge in [-0.1, -0.05) is 46.8 Å². The number of amides is 1. The van der Waals surface area contributed by atoms with Gasteiger partial charge >= 0.3 is 6.18 Å². The van der Waals surface area contributed by atoms with Crippen molar-refractivity contribution in [3.8, 4) is 22.5 Å². The van der Waals surface area contributed by atoms with Crippen LogP contribution in [-0.4, -0.2) is 15.9 Å². The van der Waals surface area contributed by atoms with Gasteiger partial charge < -0.3 is 5.73 Å². The third kappa shape index (κ3) is 4.66. The van der Waals surface area contributed by atoms with Gasteiger partial charge in [-0.05, 0) is 46.7 Å². The van der Waals surface area contributed by atoms with E-state index in [0.29, 0.717) is 22.5 Å². The zero-order valence-electron chi connectivity index (χ0n) is 18.7. The quantitative estimate of drug-likeness (QED) is 0.513. The molecule has 0 saturated heterocycles. The number of hydrogen-bond donors (Lipinski definition) is 1. The molecule has 3 rings (SSSR count). The monoisotopic (exact) mass is 441 g/mol. The van der Waals surface area contributed by atoms with Crippen LogP contribution in [0.25, 0.3) is 22.5 Å². The number of nitrogens with zero attached hydrogens (tertiary/aromatic N) is 2. The summed E-state index contributed by atoms with van der Waals surface area (Å²) in [6, 6.07) is 8.17. The molecule has 0 aliphatic heterocycles. The Kier molecular flexibility index (Phi) is 6.13. The minimum absolute atomic E-state index is 0.161. The molecular formula is C25H26F3N3O. The highest BCUT2D eigenvalue weighted by Crippen LogP contribution is 2.39. The molecule has 2 aromatic heterocycles. The Morgan fingerprint density at radius 1 is 1.03 bits per heavy atom. The lowest BCUT2D eigenvalue weighted by molar-refractivity contribution is -0.137. The highest BCUT2D eigenvalue weighted by molar-refractivity contribution is 5.98. The number of rotatable bonds is 4. The second-order valence-corrected chi connectivity index (χ2v) is 9.09. The number of benzene rings is 1. The molecule has 2 heterocycles. The molecule has 2 N–H and O–H groups in total. The first kappa shape index (κ1) is 23.4. The molecule has 7 heteroatoms. The van der Waals surface area contributed by atoms with Crippen molar-refractivity contribution in [2.75, 3.05) is 0 Å². The van der Waals surface area contributed by atoms with Crippen molar-refractivity contribution >= 4 is 5.91 Å². The third-order valence-corrected chi connectivity index (χ3v) is 5.27. The summed E-state index contributed by atoms with van der Waals surface area (Å²) in [4.78, 5) is 21.6. The van der Waals surface area contributed by atoms with Crippen molar-refractivity contribution in [1.29, 1.82) is 0 Å². The number of aromatic nitrogens is 2. The lowest BCUT2D eigenvalue weighted by Gasteiger charge is -2.27. The molecule has 1 aromatic carbocycles. The number of halogens is 3. The van der Waals surface area contributed by atoms with E-state index in [1.54, 1.807) is 18.5 Å². The molecule has 0 aliphatic carbocycles. The Morgan fingerprint density at radius 3 is 2.16 bits per heavy atom. The summed E-state index contributed by atoms with van der Waals surface area (Å²) in [6.07, 6.45) is -1.04. The summed E-state index contributed by atoms with van der Waals surface area (Å²) >= 11 is 0. The summed E-state index contributed by atoms with van der Waals surface area (Å²) < 4.78 is 39.0. The van der Waals surface area contributed by atoms with Crippen LogP contribution in [0.1, 0.15) is 67.6 Å². The van der Waals surface area contributed by atoms with Crippen LogP contribution in [0.2, 0.25) is 0 Å². The first-order valence-corrected chi connectivity index (χ1v) is 10.3.